The first-order valence-corrected chi connectivity index (χ1v) is 15.8. The van der Waals surface area contributed by atoms with Crippen molar-refractivity contribution in [2.75, 3.05) is 26.0 Å². The number of pyridine rings is 1. The predicted octanol–water partition coefficient (Wildman–Crippen LogP) is 6.88. The van der Waals surface area contributed by atoms with Crippen molar-refractivity contribution in [3.63, 3.8) is 0 Å². The van der Waals surface area contributed by atoms with Gasteiger partial charge in [-0.25, -0.2) is 4.68 Å². The molecule has 1 saturated carbocycles. The van der Waals surface area contributed by atoms with Gasteiger partial charge in [0.1, 0.15) is 5.69 Å². The van der Waals surface area contributed by atoms with Gasteiger partial charge in [-0.2, -0.15) is 5.10 Å². The highest BCUT2D eigenvalue weighted by Crippen LogP contribution is 2.36. The number of aromatic nitrogens is 3. The van der Waals surface area contributed by atoms with Gasteiger partial charge < -0.3 is 15.5 Å². The Bertz CT molecular complexity index is 1890. The molecule has 0 bridgehead atoms. The molecule has 1 aliphatic rings. The van der Waals surface area contributed by atoms with Crippen LogP contribution in [-0.4, -0.2) is 51.8 Å². The molecule has 8 heteroatoms. The summed E-state index contributed by atoms with van der Waals surface area (Å²) in [6.45, 7) is 3.00. The fourth-order valence-corrected chi connectivity index (χ4v) is 6.51. The molecule has 2 N–H and O–H groups in total. The number of carbonyl (C=O) groups is 1. The van der Waals surface area contributed by atoms with Crippen molar-refractivity contribution in [3.05, 3.63) is 107 Å². The van der Waals surface area contributed by atoms with E-state index in [1.165, 1.54) is 30.4 Å². The van der Waals surface area contributed by atoms with E-state index < -0.39 is 0 Å². The Kier molecular flexibility index (Phi) is 8.76. The van der Waals surface area contributed by atoms with Crippen molar-refractivity contribution in [2.45, 2.75) is 51.1 Å². The van der Waals surface area contributed by atoms with E-state index in [1.54, 1.807) is 12.3 Å². The molecule has 45 heavy (non-hydrogen) atoms. The number of aryl methyl sites for hydroxylation is 1. The molecular weight excluding hydrogens is 560 g/mol. The molecule has 3 aromatic carbocycles. The first kappa shape index (κ1) is 30.2. The standard InChI is InChI=1S/C37H40N6O2/c1-4-43-36(45)34(40-32-17-9-16-31-30(32)15-10-21-38-31)25-33(41-43)28-13-7-11-26(23-28)27-12-8-14-29(24-27)35(44)39-22-20-37(42(2)3)18-5-6-19-37/h7-17,21,23-25,40H,4-6,18-20,22H2,1-3H3,(H,39,44). The van der Waals surface area contributed by atoms with Crippen LogP contribution in [0.4, 0.5) is 11.4 Å². The molecule has 1 aliphatic carbocycles. The van der Waals surface area contributed by atoms with Crippen LogP contribution >= 0.6 is 0 Å². The number of rotatable bonds is 10. The van der Waals surface area contributed by atoms with Crippen molar-refractivity contribution < 1.29 is 4.79 Å². The largest absolute Gasteiger partial charge is 0.352 e. The van der Waals surface area contributed by atoms with Crippen LogP contribution in [0.25, 0.3) is 33.3 Å². The van der Waals surface area contributed by atoms with Crippen molar-refractivity contribution in [1.82, 2.24) is 25.0 Å². The summed E-state index contributed by atoms with van der Waals surface area (Å²) in [5.41, 5.74) is 6.18. The monoisotopic (exact) mass is 600 g/mol. The third kappa shape index (κ3) is 6.37. The number of benzene rings is 3. The summed E-state index contributed by atoms with van der Waals surface area (Å²) in [5.74, 6) is -0.0593. The smallest absolute Gasteiger partial charge is 0.290 e. The molecule has 6 rings (SSSR count). The maximum atomic E-state index is 13.3. The van der Waals surface area contributed by atoms with Gasteiger partial charge in [-0.1, -0.05) is 49.2 Å². The van der Waals surface area contributed by atoms with E-state index in [4.69, 9.17) is 0 Å². The van der Waals surface area contributed by atoms with E-state index in [1.807, 2.05) is 79.7 Å². The van der Waals surface area contributed by atoms with Gasteiger partial charge in [-0.3, -0.25) is 14.6 Å². The van der Waals surface area contributed by atoms with Crippen LogP contribution in [0.1, 0.15) is 49.4 Å². The zero-order chi connectivity index (χ0) is 31.4. The number of carbonyl (C=O) groups excluding carboxylic acids is 1. The number of anilines is 2. The molecule has 0 aliphatic heterocycles. The quantitative estimate of drug-likeness (QED) is 0.182. The van der Waals surface area contributed by atoms with Crippen molar-refractivity contribution in [3.8, 4) is 22.4 Å². The van der Waals surface area contributed by atoms with Gasteiger partial charge in [-0.05, 0) is 99.9 Å². The van der Waals surface area contributed by atoms with E-state index in [9.17, 15) is 9.59 Å². The van der Waals surface area contributed by atoms with E-state index in [0.717, 1.165) is 39.7 Å². The van der Waals surface area contributed by atoms with Crippen LogP contribution in [-0.2, 0) is 6.54 Å². The molecular formula is C37H40N6O2. The normalized spacial score (nSPS) is 14.1. The second kappa shape index (κ2) is 13.0. The van der Waals surface area contributed by atoms with E-state index in [2.05, 4.69) is 45.8 Å². The van der Waals surface area contributed by atoms with Crippen LogP contribution in [0.15, 0.2) is 95.9 Å². The molecule has 0 radical (unpaired) electrons. The van der Waals surface area contributed by atoms with Crippen molar-refractivity contribution in [1.29, 1.82) is 0 Å². The molecule has 2 aromatic heterocycles. The van der Waals surface area contributed by atoms with E-state index >= 15 is 0 Å². The Balaban J connectivity index is 1.24. The Morgan fingerprint density at radius 3 is 2.40 bits per heavy atom. The van der Waals surface area contributed by atoms with Gasteiger partial charge in [-0.15, -0.1) is 0 Å². The summed E-state index contributed by atoms with van der Waals surface area (Å²) in [5, 5.41) is 12.1. The van der Waals surface area contributed by atoms with Gasteiger partial charge in [0.25, 0.3) is 11.5 Å². The van der Waals surface area contributed by atoms with E-state index in [-0.39, 0.29) is 17.0 Å². The topological polar surface area (TPSA) is 92.2 Å². The lowest BCUT2D eigenvalue weighted by Gasteiger charge is -2.36. The number of nitrogens with one attached hydrogen (secondary N) is 2. The second-order valence-corrected chi connectivity index (χ2v) is 12.1. The van der Waals surface area contributed by atoms with Crippen molar-refractivity contribution in [2.24, 2.45) is 0 Å². The lowest BCUT2D eigenvalue weighted by atomic mass is 9.92. The summed E-state index contributed by atoms with van der Waals surface area (Å²) in [4.78, 5) is 33.2. The van der Waals surface area contributed by atoms with Gasteiger partial charge >= 0.3 is 0 Å². The van der Waals surface area contributed by atoms with Crippen LogP contribution in [0.3, 0.4) is 0 Å². The third-order valence-electron chi connectivity index (χ3n) is 9.16. The van der Waals surface area contributed by atoms with Gasteiger partial charge in [0.05, 0.1) is 11.2 Å². The lowest BCUT2D eigenvalue weighted by molar-refractivity contribution is 0.0934. The number of hydrogen-bond donors (Lipinski definition) is 2. The average Bonchev–Trinajstić information content (AvgIpc) is 3.56. The molecule has 5 aromatic rings. The molecule has 1 amide bonds. The first-order valence-electron chi connectivity index (χ1n) is 15.8. The highest BCUT2D eigenvalue weighted by Gasteiger charge is 2.35. The second-order valence-electron chi connectivity index (χ2n) is 12.1. The predicted molar refractivity (Wildman–Crippen MR) is 182 cm³/mol. The molecule has 230 valence electrons. The molecule has 8 nitrogen and oxygen atoms in total. The maximum absolute atomic E-state index is 13.3. The minimum atomic E-state index is -0.193. The fraction of sp³-hybridized carbons (Fsp3) is 0.297. The zero-order valence-corrected chi connectivity index (χ0v) is 26.2. The van der Waals surface area contributed by atoms with Crippen LogP contribution in [0.5, 0.6) is 0 Å². The minimum Gasteiger partial charge on any atom is -0.352 e. The highest BCUT2D eigenvalue weighted by molar-refractivity contribution is 5.95. The summed E-state index contributed by atoms with van der Waals surface area (Å²) < 4.78 is 1.48. The minimum absolute atomic E-state index is 0.0593. The first-order chi connectivity index (χ1) is 21.9. The number of nitrogens with zero attached hydrogens (tertiary/aromatic N) is 4. The molecule has 0 spiro atoms. The molecule has 2 heterocycles. The summed E-state index contributed by atoms with van der Waals surface area (Å²) in [7, 11) is 4.30. The Morgan fingerprint density at radius 1 is 0.889 bits per heavy atom. The van der Waals surface area contributed by atoms with Gasteiger partial charge in [0.2, 0.25) is 0 Å². The van der Waals surface area contributed by atoms with Crippen molar-refractivity contribution >= 4 is 28.2 Å². The molecule has 0 unspecified atom stereocenters. The third-order valence-corrected chi connectivity index (χ3v) is 9.16. The SMILES string of the molecule is CCn1nc(-c2cccc(-c3cccc(C(=O)NCCC4(N(C)C)CCCC4)c3)c2)cc(Nc2cccc3ncccc23)c1=O. The average molecular weight is 601 g/mol. The van der Waals surface area contributed by atoms with E-state index in [0.29, 0.717) is 30.0 Å². The van der Waals surface area contributed by atoms with Gasteiger partial charge in [0, 0.05) is 47.0 Å². The molecule has 0 saturated heterocycles. The maximum Gasteiger partial charge on any atom is 0.290 e. The summed E-state index contributed by atoms with van der Waals surface area (Å²) in [6, 6.07) is 27.3. The van der Waals surface area contributed by atoms with Crippen LogP contribution in [0, 0.1) is 0 Å². The molecule has 1 fully saturated rings. The lowest BCUT2D eigenvalue weighted by Crippen LogP contribution is -2.44. The molecule has 0 atom stereocenters. The summed E-state index contributed by atoms with van der Waals surface area (Å²) in [6.07, 6.45) is 7.58. The van der Waals surface area contributed by atoms with Crippen LogP contribution in [0.2, 0.25) is 0 Å². The van der Waals surface area contributed by atoms with Gasteiger partial charge in [0.15, 0.2) is 0 Å². The number of fused-ring (bicyclic) bond motifs is 1. The Morgan fingerprint density at radius 2 is 1.62 bits per heavy atom. The fourth-order valence-electron chi connectivity index (χ4n) is 6.51. The zero-order valence-electron chi connectivity index (χ0n) is 26.2. The summed E-state index contributed by atoms with van der Waals surface area (Å²) >= 11 is 0. The Labute approximate surface area is 264 Å². The Hall–Kier alpha value is -4.82. The highest BCUT2D eigenvalue weighted by atomic mass is 16.1. The number of hydrogen-bond acceptors (Lipinski definition) is 6. The van der Waals surface area contributed by atoms with Crippen LogP contribution < -0.4 is 16.2 Å². The number of amides is 1.